The van der Waals surface area contributed by atoms with Gasteiger partial charge >= 0.3 is 0 Å². The van der Waals surface area contributed by atoms with Crippen LogP contribution in [0.1, 0.15) is 16.8 Å². The first kappa shape index (κ1) is 12.7. The van der Waals surface area contributed by atoms with Crippen molar-refractivity contribution in [3.8, 4) is 12.1 Å². The van der Waals surface area contributed by atoms with Gasteiger partial charge in [0.05, 0.1) is 0 Å². The van der Waals surface area contributed by atoms with Crippen molar-refractivity contribution >= 4 is 17.0 Å². The monoisotopic (exact) mass is 247 g/mol. The molecule has 0 saturated carbocycles. The van der Waals surface area contributed by atoms with Crippen LogP contribution in [0.15, 0.2) is 36.4 Å². The Hall–Kier alpha value is -2.78. The van der Waals surface area contributed by atoms with Crippen LogP contribution in [0.3, 0.4) is 0 Å². The second kappa shape index (κ2) is 5.25. The van der Waals surface area contributed by atoms with Gasteiger partial charge in [0.15, 0.2) is 0 Å². The van der Waals surface area contributed by atoms with E-state index in [4.69, 9.17) is 10.5 Å². The van der Waals surface area contributed by atoms with Gasteiger partial charge in [0, 0.05) is 22.2 Å². The standard InChI is InChI=1S/C16H13N3/c1-3-4-12-5-6-16-15(7-12)14(11(2)19-16)8-13(9-17)10-18/h3,5-8,19H,1,4H2,2H3. The van der Waals surface area contributed by atoms with Crippen molar-refractivity contribution in [1.29, 1.82) is 10.5 Å². The fourth-order valence-electron chi connectivity index (χ4n) is 2.11. The second-order valence-electron chi connectivity index (χ2n) is 4.32. The molecule has 1 aromatic heterocycles. The normalized spacial score (nSPS) is 9.63. The van der Waals surface area contributed by atoms with Crippen LogP contribution >= 0.6 is 0 Å². The molecule has 1 aromatic carbocycles. The highest BCUT2D eigenvalue weighted by Crippen LogP contribution is 2.25. The molecule has 2 aromatic rings. The summed E-state index contributed by atoms with van der Waals surface area (Å²) < 4.78 is 0. The minimum atomic E-state index is 0.109. The number of rotatable bonds is 3. The average molecular weight is 247 g/mol. The molecular formula is C16H13N3. The van der Waals surface area contributed by atoms with Gasteiger partial charge in [-0.1, -0.05) is 12.1 Å². The Kier molecular flexibility index (Phi) is 3.50. The summed E-state index contributed by atoms with van der Waals surface area (Å²) in [6, 6.07) is 9.91. The zero-order chi connectivity index (χ0) is 13.8. The smallest absolute Gasteiger partial charge is 0.130 e. The number of nitrogens with zero attached hydrogens (tertiary/aromatic N) is 2. The number of benzene rings is 1. The van der Waals surface area contributed by atoms with Gasteiger partial charge in [-0.25, -0.2) is 0 Å². The molecule has 0 amide bonds. The number of hydrogen-bond acceptors (Lipinski definition) is 2. The van der Waals surface area contributed by atoms with Crippen LogP contribution in [-0.4, -0.2) is 4.98 Å². The highest BCUT2D eigenvalue weighted by Gasteiger charge is 2.08. The third kappa shape index (κ3) is 2.41. The average Bonchev–Trinajstić information content (AvgIpc) is 2.72. The van der Waals surface area contributed by atoms with Gasteiger partial charge in [-0.2, -0.15) is 10.5 Å². The molecule has 0 aliphatic heterocycles. The number of nitriles is 2. The van der Waals surface area contributed by atoms with E-state index in [1.54, 1.807) is 6.08 Å². The number of aromatic nitrogens is 1. The van der Waals surface area contributed by atoms with E-state index in [1.807, 2.05) is 37.3 Å². The molecule has 0 bridgehead atoms. The van der Waals surface area contributed by atoms with E-state index in [0.717, 1.165) is 34.1 Å². The Bertz CT molecular complexity index is 733. The summed E-state index contributed by atoms with van der Waals surface area (Å²) in [5, 5.41) is 18.8. The van der Waals surface area contributed by atoms with Crippen molar-refractivity contribution in [3.05, 3.63) is 53.2 Å². The molecule has 0 saturated heterocycles. The summed E-state index contributed by atoms with van der Waals surface area (Å²) in [6.07, 6.45) is 4.28. The largest absolute Gasteiger partial charge is 0.358 e. The lowest BCUT2D eigenvalue weighted by molar-refractivity contribution is 1.28. The molecule has 0 aliphatic carbocycles. The summed E-state index contributed by atoms with van der Waals surface area (Å²) in [6.45, 7) is 5.67. The molecule has 19 heavy (non-hydrogen) atoms. The molecule has 3 nitrogen and oxygen atoms in total. The molecule has 0 fully saturated rings. The number of aromatic amines is 1. The van der Waals surface area contributed by atoms with Gasteiger partial charge < -0.3 is 4.98 Å². The Morgan fingerprint density at radius 1 is 1.37 bits per heavy atom. The lowest BCUT2D eigenvalue weighted by atomic mass is 10.0. The van der Waals surface area contributed by atoms with Crippen molar-refractivity contribution < 1.29 is 0 Å². The van der Waals surface area contributed by atoms with Crippen molar-refractivity contribution in [1.82, 2.24) is 4.98 Å². The molecule has 92 valence electrons. The number of aryl methyl sites for hydroxylation is 1. The molecule has 3 heteroatoms. The number of fused-ring (bicyclic) bond motifs is 1. The molecule has 1 heterocycles. The zero-order valence-electron chi connectivity index (χ0n) is 10.7. The summed E-state index contributed by atoms with van der Waals surface area (Å²) in [7, 11) is 0. The molecule has 0 atom stereocenters. The maximum absolute atomic E-state index is 8.86. The number of hydrogen-bond donors (Lipinski definition) is 1. The summed E-state index contributed by atoms with van der Waals surface area (Å²) in [5.74, 6) is 0. The molecule has 0 radical (unpaired) electrons. The molecule has 2 rings (SSSR count). The molecule has 0 unspecified atom stereocenters. The highest BCUT2D eigenvalue weighted by atomic mass is 14.7. The maximum Gasteiger partial charge on any atom is 0.130 e. The van der Waals surface area contributed by atoms with Gasteiger partial charge in [0.1, 0.15) is 17.7 Å². The van der Waals surface area contributed by atoms with Gasteiger partial charge in [-0.3, -0.25) is 0 Å². The summed E-state index contributed by atoms with van der Waals surface area (Å²) in [5.41, 5.74) is 4.13. The van der Waals surface area contributed by atoms with Crippen molar-refractivity contribution in [3.63, 3.8) is 0 Å². The highest BCUT2D eigenvalue weighted by molar-refractivity contribution is 5.92. The van der Waals surface area contributed by atoms with Gasteiger partial charge in [-0.05, 0) is 37.1 Å². The van der Waals surface area contributed by atoms with E-state index < -0.39 is 0 Å². The first-order valence-corrected chi connectivity index (χ1v) is 5.93. The lowest BCUT2D eigenvalue weighted by Crippen LogP contribution is -1.81. The fourth-order valence-corrected chi connectivity index (χ4v) is 2.11. The van der Waals surface area contributed by atoms with Gasteiger partial charge in [-0.15, -0.1) is 6.58 Å². The maximum atomic E-state index is 8.86. The first-order valence-electron chi connectivity index (χ1n) is 5.93. The second-order valence-corrected chi connectivity index (χ2v) is 4.32. The van der Waals surface area contributed by atoms with Crippen molar-refractivity contribution in [2.24, 2.45) is 0 Å². The van der Waals surface area contributed by atoms with Crippen LogP contribution in [0.4, 0.5) is 0 Å². The van der Waals surface area contributed by atoms with Crippen LogP contribution in [0.25, 0.3) is 17.0 Å². The third-order valence-electron chi connectivity index (χ3n) is 3.01. The van der Waals surface area contributed by atoms with Crippen molar-refractivity contribution in [2.45, 2.75) is 13.3 Å². The van der Waals surface area contributed by atoms with E-state index >= 15 is 0 Å². The predicted octanol–water partition coefficient (Wildman–Crippen LogP) is 3.64. The SMILES string of the molecule is C=CCc1ccc2[nH]c(C)c(C=C(C#N)C#N)c2c1. The van der Waals surface area contributed by atoms with E-state index in [9.17, 15) is 0 Å². The van der Waals surface area contributed by atoms with E-state index in [-0.39, 0.29) is 5.57 Å². The van der Waals surface area contributed by atoms with Crippen LogP contribution in [0.5, 0.6) is 0 Å². The number of H-pyrrole nitrogens is 1. The van der Waals surface area contributed by atoms with Crippen LogP contribution in [-0.2, 0) is 6.42 Å². The minimum absolute atomic E-state index is 0.109. The van der Waals surface area contributed by atoms with Crippen LogP contribution in [0, 0.1) is 29.6 Å². The van der Waals surface area contributed by atoms with Crippen molar-refractivity contribution in [2.75, 3.05) is 0 Å². The predicted molar refractivity (Wildman–Crippen MR) is 76.1 cm³/mol. The fraction of sp³-hybridized carbons (Fsp3) is 0.125. The van der Waals surface area contributed by atoms with E-state index in [2.05, 4.69) is 17.6 Å². The summed E-state index contributed by atoms with van der Waals surface area (Å²) in [4.78, 5) is 3.26. The number of nitrogens with one attached hydrogen (secondary N) is 1. The van der Waals surface area contributed by atoms with E-state index in [1.165, 1.54) is 0 Å². The quantitative estimate of drug-likeness (QED) is 0.664. The molecule has 1 N–H and O–H groups in total. The Labute approximate surface area is 112 Å². The minimum Gasteiger partial charge on any atom is -0.358 e. The van der Waals surface area contributed by atoms with E-state index in [0.29, 0.717) is 0 Å². The van der Waals surface area contributed by atoms with Gasteiger partial charge in [0.25, 0.3) is 0 Å². The Morgan fingerprint density at radius 3 is 2.74 bits per heavy atom. The first-order chi connectivity index (χ1) is 9.19. The van der Waals surface area contributed by atoms with Gasteiger partial charge in [0.2, 0.25) is 0 Å². The van der Waals surface area contributed by atoms with Crippen LogP contribution in [0.2, 0.25) is 0 Å². The lowest BCUT2D eigenvalue weighted by Gasteiger charge is -1.98. The topological polar surface area (TPSA) is 63.4 Å². The Balaban J connectivity index is 2.66. The van der Waals surface area contributed by atoms with Crippen LogP contribution < -0.4 is 0 Å². The number of allylic oxidation sites excluding steroid dienone is 2. The molecular weight excluding hydrogens is 234 g/mol. The summed E-state index contributed by atoms with van der Waals surface area (Å²) >= 11 is 0. The molecule has 0 aliphatic rings. The zero-order valence-corrected chi connectivity index (χ0v) is 10.7. The third-order valence-corrected chi connectivity index (χ3v) is 3.01. The molecule has 0 spiro atoms. The Morgan fingerprint density at radius 2 is 2.11 bits per heavy atom.